The number of ether oxygens (including phenoxy) is 2. The number of amides is 1. The fourth-order valence-electron chi connectivity index (χ4n) is 3.40. The molecule has 7 nitrogen and oxygen atoms in total. The maximum Gasteiger partial charge on any atom is 0.229 e. The van der Waals surface area contributed by atoms with E-state index < -0.39 is 0 Å². The maximum absolute atomic E-state index is 12.9. The quantitative estimate of drug-likeness (QED) is 0.810. The molecule has 1 N–H and O–H groups in total. The molecule has 2 aliphatic rings. The predicted molar refractivity (Wildman–Crippen MR) is 105 cm³/mol. The van der Waals surface area contributed by atoms with Gasteiger partial charge in [0.1, 0.15) is 13.2 Å². The molecule has 1 unspecified atom stereocenters. The van der Waals surface area contributed by atoms with E-state index in [1.54, 1.807) is 30.2 Å². The summed E-state index contributed by atoms with van der Waals surface area (Å²) in [5.74, 6) is 2.00. The Kier molecular flexibility index (Phi) is 5.33. The average Bonchev–Trinajstić information content (AvgIpc) is 2.74. The summed E-state index contributed by atoms with van der Waals surface area (Å²) in [5, 5.41) is 3.09. The number of aromatic nitrogens is 2. The molecule has 1 amide bonds. The number of nitrogens with one attached hydrogen (secondary N) is 1. The van der Waals surface area contributed by atoms with E-state index >= 15 is 0 Å². The van der Waals surface area contributed by atoms with Crippen LogP contribution in [0.3, 0.4) is 0 Å². The fourth-order valence-corrected chi connectivity index (χ4v) is 3.95. The summed E-state index contributed by atoms with van der Waals surface area (Å²) >= 11 is 1.57. The van der Waals surface area contributed by atoms with Crippen molar-refractivity contribution >= 4 is 29.3 Å². The molecule has 1 fully saturated rings. The lowest BCUT2D eigenvalue weighted by Crippen LogP contribution is -2.41. The van der Waals surface area contributed by atoms with Crippen molar-refractivity contribution in [3.8, 4) is 11.5 Å². The van der Waals surface area contributed by atoms with E-state index in [9.17, 15) is 4.79 Å². The van der Waals surface area contributed by atoms with Gasteiger partial charge in [-0.3, -0.25) is 4.79 Å². The topological polar surface area (TPSA) is 76.6 Å². The molecule has 27 heavy (non-hydrogen) atoms. The molecular formula is C19H22N4O3S. The third-order valence-electron chi connectivity index (χ3n) is 4.75. The number of carbonyl (C=O) groups excluding carboxylic acids is 1. The van der Waals surface area contributed by atoms with Crippen LogP contribution >= 0.6 is 11.8 Å². The largest absolute Gasteiger partial charge is 0.486 e. The van der Waals surface area contributed by atoms with Gasteiger partial charge in [-0.05, 0) is 31.2 Å². The first-order valence-corrected chi connectivity index (χ1v) is 10.3. The van der Waals surface area contributed by atoms with Crippen LogP contribution in [0.25, 0.3) is 0 Å². The van der Waals surface area contributed by atoms with Crippen LogP contribution in [0, 0.1) is 5.92 Å². The first kappa shape index (κ1) is 17.9. The van der Waals surface area contributed by atoms with Gasteiger partial charge < -0.3 is 19.7 Å². The number of benzene rings is 1. The molecule has 142 valence electrons. The van der Waals surface area contributed by atoms with Crippen molar-refractivity contribution in [2.24, 2.45) is 5.92 Å². The van der Waals surface area contributed by atoms with Crippen molar-refractivity contribution in [3.05, 3.63) is 30.6 Å². The van der Waals surface area contributed by atoms with Crippen LogP contribution in [0.4, 0.5) is 11.6 Å². The number of carbonyl (C=O) groups is 1. The highest BCUT2D eigenvalue weighted by molar-refractivity contribution is 7.98. The zero-order valence-electron chi connectivity index (χ0n) is 15.2. The second-order valence-corrected chi connectivity index (χ2v) is 7.37. The maximum atomic E-state index is 12.9. The van der Waals surface area contributed by atoms with Crippen LogP contribution in [0.2, 0.25) is 0 Å². The lowest BCUT2D eigenvalue weighted by Gasteiger charge is -2.32. The van der Waals surface area contributed by atoms with Gasteiger partial charge in [-0.2, -0.15) is 0 Å². The minimum atomic E-state index is -0.106. The molecule has 3 heterocycles. The molecule has 2 aromatic rings. The smallest absolute Gasteiger partial charge is 0.229 e. The van der Waals surface area contributed by atoms with Gasteiger partial charge in [-0.25, -0.2) is 9.97 Å². The first-order valence-electron chi connectivity index (χ1n) is 9.05. The van der Waals surface area contributed by atoms with Crippen molar-refractivity contribution in [3.63, 3.8) is 0 Å². The molecule has 8 heteroatoms. The molecule has 0 radical (unpaired) electrons. The Balaban J connectivity index is 1.48. The van der Waals surface area contributed by atoms with Gasteiger partial charge in [0.2, 0.25) is 11.9 Å². The van der Waals surface area contributed by atoms with E-state index in [1.165, 1.54) is 0 Å². The molecule has 4 rings (SSSR count). The Labute approximate surface area is 162 Å². The van der Waals surface area contributed by atoms with E-state index in [2.05, 4.69) is 20.2 Å². The molecule has 1 aromatic carbocycles. The van der Waals surface area contributed by atoms with Crippen LogP contribution in [0.15, 0.2) is 35.5 Å². The van der Waals surface area contributed by atoms with Gasteiger partial charge in [0.25, 0.3) is 0 Å². The lowest BCUT2D eigenvalue weighted by molar-refractivity contribution is -0.120. The number of fused-ring (bicyclic) bond motifs is 1. The van der Waals surface area contributed by atoms with Crippen LogP contribution < -0.4 is 19.7 Å². The number of rotatable bonds is 4. The van der Waals surface area contributed by atoms with E-state index in [1.807, 2.05) is 18.4 Å². The summed E-state index contributed by atoms with van der Waals surface area (Å²) in [7, 11) is 0. The molecule has 2 aliphatic heterocycles. The van der Waals surface area contributed by atoms with E-state index in [0.29, 0.717) is 31.5 Å². The van der Waals surface area contributed by atoms with Crippen molar-refractivity contribution in [1.82, 2.24) is 9.97 Å². The molecule has 0 spiro atoms. The van der Waals surface area contributed by atoms with E-state index in [4.69, 9.17) is 9.47 Å². The highest BCUT2D eigenvalue weighted by Gasteiger charge is 2.28. The van der Waals surface area contributed by atoms with Gasteiger partial charge in [-0.1, -0.05) is 0 Å². The number of thioether (sulfide) groups is 1. The Morgan fingerprint density at radius 1 is 1.22 bits per heavy atom. The summed E-state index contributed by atoms with van der Waals surface area (Å²) < 4.78 is 11.3. The number of anilines is 2. The zero-order valence-corrected chi connectivity index (χ0v) is 16.0. The van der Waals surface area contributed by atoms with Crippen molar-refractivity contribution in [1.29, 1.82) is 0 Å². The summed E-state index contributed by atoms with van der Waals surface area (Å²) in [6, 6.07) is 5.59. The number of nitrogens with zero attached hydrogens (tertiary/aromatic N) is 3. The number of hydrogen-bond acceptors (Lipinski definition) is 7. The van der Waals surface area contributed by atoms with Crippen LogP contribution in [0.5, 0.6) is 11.5 Å². The minimum Gasteiger partial charge on any atom is -0.486 e. The molecule has 1 atom stereocenters. The highest BCUT2D eigenvalue weighted by Crippen LogP contribution is 2.39. The SMILES string of the molecule is CSc1cc2c(cc1NC(=O)C1CCCN(c3ncccn3)C1)OCCO2. The summed E-state index contributed by atoms with van der Waals surface area (Å²) in [6.45, 7) is 2.56. The summed E-state index contributed by atoms with van der Waals surface area (Å²) in [5.41, 5.74) is 0.768. The van der Waals surface area contributed by atoms with Crippen LogP contribution in [-0.4, -0.2) is 48.4 Å². The molecule has 1 aromatic heterocycles. The third kappa shape index (κ3) is 3.95. The van der Waals surface area contributed by atoms with Crippen LogP contribution in [0.1, 0.15) is 12.8 Å². The molecule has 0 bridgehead atoms. The molecule has 0 saturated carbocycles. The Hall–Kier alpha value is -2.48. The van der Waals surface area contributed by atoms with E-state index in [-0.39, 0.29) is 11.8 Å². The van der Waals surface area contributed by atoms with Gasteiger partial charge in [0.15, 0.2) is 11.5 Å². The highest BCUT2D eigenvalue weighted by atomic mass is 32.2. The monoisotopic (exact) mass is 386 g/mol. The second-order valence-electron chi connectivity index (χ2n) is 6.52. The Bertz CT molecular complexity index is 818. The van der Waals surface area contributed by atoms with Crippen molar-refractivity contribution in [2.75, 3.05) is 42.8 Å². The predicted octanol–water partition coefficient (Wildman–Crippen LogP) is 2.82. The van der Waals surface area contributed by atoms with Gasteiger partial charge in [-0.15, -0.1) is 11.8 Å². The zero-order chi connectivity index (χ0) is 18.6. The number of piperidine rings is 1. The standard InChI is InChI=1S/C19H22N4O3S/c1-27-17-11-16-15(25-8-9-26-16)10-14(17)22-18(24)13-4-2-7-23(12-13)19-20-5-3-6-21-19/h3,5-6,10-11,13H,2,4,7-9,12H2,1H3,(H,22,24). The minimum absolute atomic E-state index is 0.0163. The van der Waals surface area contributed by atoms with E-state index in [0.717, 1.165) is 35.7 Å². The summed E-state index contributed by atoms with van der Waals surface area (Å²) in [4.78, 5) is 24.6. The van der Waals surface area contributed by atoms with Crippen LogP contribution in [-0.2, 0) is 4.79 Å². The summed E-state index contributed by atoms with van der Waals surface area (Å²) in [6.07, 6.45) is 7.23. The van der Waals surface area contributed by atoms with Gasteiger partial charge in [0.05, 0.1) is 11.6 Å². The average molecular weight is 386 g/mol. The lowest BCUT2D eigenvalue weighted by atomic mass is 9.97. The van der Waals surface area contributed by atoms with Gasteiger partial charge in [0, 0.05) is 36.4 Å². The Morgan fingerprint density at radius 2 is 1.96 bits per heavy atom. The van der Waals surface area contributed by atoms with Crippen molar-refractivity contribution < 1.29 is 14.3 Å². The molecule has 1 saturated heterocycles. The fraction of sp³-hybridized carbons (Fsp3) is 0.421. The number of hydrogen-bond donors (Lipinski definition) is 1. The van der Waals surface area contributed by atoms with Gasteiger partial charge >= 0.3 is 0 Å². The van der Waals surface area contributed by atoms with Crippen molar-refractivity contribution in [2.45, 2.75) is 17.7 Å². The second kappa shape index (κ2) is 8.04. The molecule has 0 aliphatic carbocycles. The Morgan fingerprint density at radius 3 is 2.70 bits per heavy atom. The molecular weight excluding hydrogens is 364 g/mol. The first-order chi connectivity index (χ1) is 13.2. The normalized spacial score (nSPS) is 18.9. The third-order valence-corrected chi connectivity index (χ3v) is 5.53.